The first kappa shape index (κ1) is 23.0. The molecule has 2 saturated heterocycles. The van der Waals surface area contributed by atoms with Gasteiger partial charge in [0.2, 0.25) is 17.4 Å². The van der Waals surface area contributed by atoms with Crippen LogP contribution in [-0.2, 0) is 46.3 Å². The molecule has 1 unspecified atom stereocenters. The second kappa shape index (κ2) is 8.43. The van der Waals surface area contributed by atoms with E-state index in [0.717, 1.165) is 24.3 Å². The van der Waals surface area contributed by atoms with Gasteiger partial charge < -0.3 is 14.6 Å². The van der Waals surface area contributed by atoms with Crippen molar-refractivity contribution in [1.29, 1.82) is 0 Å². The van der Waals surface area contributed by atoms with Gasteiger partial charge in [-0.1, -0.05) is 30.3 Å². The third-order valence-electron chi connectivity index (χ3n) is 5.47. The number of Topliss-reactive ketones (excluding diaryl/α,β-unsaturated/α-hetero) is 2. The first-order chi connectivity index (χ1) is 14.5. The van der Waals surface area contributed by atoms with E-state index in [-0.39, 0.29) is 6.42 Å². The Balaban J connectivity index is 1.74. The number of ether oxygens (including phenoxy) is 1. The first-order valence-electron chi connectivity index (χ1n) is 9.74. The van der Waals surface area contributed by atoms with Crippen LogP contribution in [0.2, 0.25) is 0 Å². The average Bonchev–Trinajstić information content (AvgIpc) is 2.88. The fraction of sp³-hybridized carbons (Fsp3) is 0.476. The quantitative estimate of drug-likeness (QED) is 0.266. The molecule has 1 aromatic rings. The molecule has 2 aliphatic rings. The van der Waals surface area contributed by atoms with Crippen LogP contribution in [0.1, 0.15) is 33.3 Å². The number of rotatable bonds is 7. The van der Waals surface area contributed by atoms with Gasteiger partial charge in [0.1, 0.15) is 0 Å². The number of β-lactam (4-membered cyclic amide) rings is 1. The predicted octanol–water partition coefficient (Wildman–Crippen LogP) is -0.118. The number of hydrogen-bond donors (Lipinski definition) is 1. The maximum atomic E-state index is 13.1. The summed E-state index contributed by atoms with van der Waals surface area (Å²) in [6.07, 6.45) is -1.52. The summed E-state index contributed by atoms with van der Waals surface area (Å²) in [6.45, 7) is 5.32. The zero-order valence-corrected chi connectivity index (χ0v) is 18.4. The van der Waals surface area contributed by atoms with Gasteiger partial charge in [-0.15, -0.1) is 0 Å². The molecule has 9 nitrogen and oxygen atoms in total. The second-order valence-corrected chi connectivity index (χ2v) is 10.3. The summed E-state index contributed by atoms with van der Waals surface area (Å²) in [4.78, 5) is 62.3. The lowest BCUT2D eigenvalue weighted by Gasteiger charge is -2.41. The molecule has 0 aromatic heterocycles. The molecule has 0 saturated carbocycles. The maximum absolute atomic E-state index is 13.1. The monoisotopic (exact) mass is 448 g/mol. The standard InChI is InChI=1S/C21H24N2O7S/c1-11(24)16(12(2)25)30-20(28)17-21(3,4)31(29)19-15(18(27)23(17)19)22-14(26)10-13-8-6-5-7-9-13/h5-9,15-17,19H,10H2,1-4H3,(H,22,26)/t15-,17+,19-,31?/m1/s1. The van der Waals surface area contributed by atoms with Crippen molar-refractivity contribution < 1.29 is 33.3 Å². The van der Waals surface area contributed by atoms with E-state index in [2.05, 4.69) is 5.32 Å². The van der Waals surface area contributed by atoms with Gasteiger partial charge in [-0.25, -0.2) is 4.79 Å². The highest BCUT2D eigenvalue weighted by Crippen LogP contribution is 2.46. The van der Waals surface area contributed by atoms with E-state index in [1.807, 2.05) is 6.07 Å². The Morgan fingerprint density at radius 3 is 2.29 bits per heavy atom. The molecule has 2 amide bonds. The molecule has 0 spiro atoms. The molecule has 10 heteroatoms. The lowest BCUT2D eigenvalue weighted by atomic mass is 9.95. The number of carbonyl (C=O) groups excluding carboxylic acids is 5. The molecule has 0 radical (unpaired) electrons. The zero-order chi connectivity index (χ0) is 23.1. The zero-order valence-electron chi connectivity index (χ0n) is 17.6. The number of carbonyl (C=O) groups is 5. The van der Waals surface area contributed by atoms with Gasteiger partial charge in [0.25, 0.3) is 5.91 Å². The summed E-state index contributed by atoms with van der Waals surface area (Å²) in [5.74, 6) is -3.22. The van der Waals surface area contributed by atoms with Crippen molar-refractivity contribution in [1.82, 2.24) is 10.2 Å². The smallest absolute Gasteiger partial charge is 0.335 e. The third kappa shape index (κ3) is 4.09. The molecule has 31 heavy (non-hydrogen) atoms. The van der Waals surface area contributed by atoms with Crippen molar-refractivity contribution in [2.75, 3.05) is 0 Å². The van der Waals surface area contributed by atoms with Crippen LogP contribution in [0, 0.1) is 0 Å². The van der Waals surface area contributed by atoms with Crippen molar-refractivity contribution in [3.05, 3.63) is 35.9 Å². The molecular weight excluding hydrogens is 424 g/mol. The Morgan fingerprint density at radius 2 is 1.74 bits per heavy atom. The number of ketones is 2. The van der Waals surface area contributed by atoms with E-state index in [1.165, 1.54) is 0 Å². The van der Waals surface area contributed by atoms with E-state index in [9.17, 15) is 28.5 Å². The Morgan fingerprint density at radius 1 is 1.16 bits per heavy atom. The van der Waals surface area contributed by atoms with Gasteiger partial charge in [-0.3, -0.25) is 24.1 Å². The summed E-state index contributed by atoms with van der Waals surface area (Å²) in [6, 6.07) is 6.69. The largest absolute Gasteiger partial charge is 0.614 e. The van der Waals surface area contributed by atoms with Crippen molar-refractivity contribution >= 4 is 40.5 Å². The lowest BCUT2D eigenvalue weighted by molar-refractivity contribution is -0.170. The SMILES string of the molecule is CC(=O)C(OC(=O)[C@@H]1N2C(=O)[C@@H](NC(=O)Cc3ccccc3)[C@H]2[S+]([O-])C1(C)C)C(C)=O. The first-order valence-corrected chi connectivity index (χ1v) is 11.0. The number of nitrogens with one attached hydrogen (secondary N) is 1. The summed E-state index contributed by atoms with van der Waals surface area (Å²) in [5, 5.41) is 1.71. The summed E-state index contributed by atoms with van der Waals surface area (Å²) in [5.41, 5.74) is 0.762. The predicted molar refractivity (Wildman–Crippen MR) is 110 cm³/mol. The van der Waals surface area contributed by atoms with E-state index in [0.29, 0.717) is 0 Å². The molecule has 0 bridgehead atoms. The molecule has 166 valence electrons. The molecule has 2 fully saturated rings. The van der Waals surface area contributed by atoms with Crippen LogP contribution in [0.25, 0.3) is 0 Å². The van der Waals surface area contributed by atoms with E-state index in [4.69, 9.17) is 4.74 Å². The van der Waals surface area contributed by atoms with Crippen LogP contribution in [0.15, 0.2) is 30.3 Å². The Hall–Kier alpha value is -2.72. The van der Waals surface area contributed by atoms with Crippen molar-refractivity contribution in [3.63, 3.8) is 0 Å². The molecule has 0 aliphatic carbocycles. The normalized spacial score (nSPS) is 26.1. The number of hydrogen-bond acceptors (Lipinski definition) is 7. The minimum Gasteiger partial charge on any atom is -0.614 e. The molecule has 3 rings (SSSR count). The Bertz CT molecular complexity index is 919. The number of nitrogens with zero attached hydrogens (tertiary/aromatic N) is 1. The molecule has 1 aromatic carbocycles. The lowest BCUT2D eigenvalue weighted by Crippen LogP contribution is -2.72. The summed E-state index contributed by atoms with van der Waals surface area (Å²) >= 11 is -1.70. The van der Waals surface area contributed by atoms with Crippen molar-refractivity contribution in [2.45, 2.75) is 62.4 Å². The van der Waals surface area contributed by atoms with Crippen LogP contribution in [-0.4, -0.2) is 67.1 Å². The minimum absolute atomic E-state index is 0.0533. The van der Waals surface area contributed by atoms with Crippen LogP contribution in [0.4, 0.5) is 0 Å². The van der Waals surface area contributed by atoms with E-state index < -0.39 is 68.8 Å². The summed E-state index contributed by atoms with van der Waals surface area (Å²) < 4.78 is 17.0. The molecule has 2 aliphatic heterocycles. The number of fused-ring (bicyclic) bond motifs is 1. The molecule has 4 atom stereocenters. The van der Waals surface area contributed by atoms with Gasteiger partial charge in [-0.05, 0) is 44.4 Å². The van der Waals surface area contributed by atoms with Gasteiger partial charge in [0.15, 0.2) is 28.4 Å². The van der Waals surface area contributed by atoms with Gasteiger partial charge in [0, 0.05) is 0 Å². The van der Waals surface area contributed by atoms with Crippen LogP contribution < -0.4 is 5.32 Å². The second-order valence-electron chi connectivity index (χ2n) is 8.19. The van der Waals surface area contributed by atoms with E-state index in [1.54, 1.807) is 38.1 Å². The van der Waals surface area contributed by atoms with Crippen LogP contribution in [0.3, 0.4) is 0 Å². The number of benzene rings is 1. The van der Waals surface area contributed by atoms with Gasteiger partial charge in [0.05, 0.1) is 6.42 Å². The number of esters is 1. The van der Waals surface area contributed by atoms with Crippen LogP contribution >= 0.6 is 0 Å². The highest BCUT2D eigenvalue weighted by Gasteiger charge is 2.73. The topological polar surface area (TPSA) is 133 Å². The minimum atomic E-state index is -1.70. The molecule has 1 N–H and O–H groups in total. The van der Waals surface area contributed by atoms with Crippen molar-refractivity contribution in [2.24, 2.45) is 0 Å². The van der Waals surface area contributed by atoms with Crippen LogP contribution in [0.5, 0.6) is 0 Å². The molecule has 2 heterocycles. The third-order valence-corrected chi connectivity index (χ3v) is 7.67. The van der Waals surface area contributed by atoms with Crippen molar-refractivity contribution in [3.8, 4) is 0 Å². The van der Waals surface area contributed by atoms with Gasteiger partial charge in [-0.2, -0.15) is 0 Å². The Kier molecular flexibility index (Phi) is 6.24. The fourth-order valence-corrected chi connectivity index (χ4v) is 5.83. The fourth-order valence-electron chi connectivity index (χ4n) is 3.91. The highest BCUT2D eigenvalue weighted by molar-refractivity contribution is 7.94. The molecular formula is C21H24N2O7S. The van der Waals surface area contributed by atoms with Gasteiger partial charge >= 0.3 is 5.97 Å². The Labute approximate surface area is 182 Å². The average molecular weight is 448 g/mol. The maximum Gasteiger partial charge on any atom is 0.335 e. The van der Waals surface area contributed by atoms with E-state index >= 15 is 0 Å². The number of amides is 2. The highest BCUT2D eigenvalue weighted by atomic mass is 32.2. The summed E-state index contributed by atoms with van der Waals surface area (Å²) in [7, 11) is 0.